The van der Waals surface area contributed by atoms with Gasteiger partial charge in [0, 0.05) is 24.6 Å². The van der Waals surface area contributed by atoms with Crippen molar-refractivity contribution in [2.75, 3.05) is 25.2 Å². The number of halogens is 1. The Morgan fingerprint density at radius 2 is 2.03 bits per heavy atom. The lowest BCUT2D eigenvalue weighted by atomic mass is 10.1. The van der Waals surface area contributed by atoms with E-state index in [9.17, 15) is 9.18 Å². The Bertz CT molecular complexity index is 870. The van der Waals surface area contributed by atoms with E-state index < -0.39 is 23.4 Å². The molecule has 0 aromatic heterocycles. The summed E-state index contributed by atoms with van der Waals surface area (Å²) in [5, 5.41) is 0. The Kier molecular flexibility index (Phi) is 7.46. The number of hydrogen-bond donors (Lipinski definition) is 0. The standard InChI is InChI=1S/C24H32FNO6/c1-23(2,3)32-22(27)11-10-21-26(17-8-9-20(28-5)19(25)15-17)18(16-29-21)7-6-12-24(4)30-13-14-31-24/h6-9,15-16,21H,10-14H2,1-5H3/b7-6+. The van der Waals surface area contributed by atoms with Crippen LogP contribution in [0.15, 0.2) is 42.3 Å². The molecular weight excluding hydrogens is 417 g/mol. The van der Waals surface area contributed by atoms with Crippen LogP contribution < -0.4 is 9.64 Å². The highest BCUT2D eigenvalue weighted by atomic mass is 19.1. The monoisotopic (exact) mass is 449 g/mol. The van der Waals surface area contributed by atoms with Gasteiger partial charge in [-0.2, -0.15) is 0 Å². The quantitative estimate of drug-likeness (QED) is 0.534. The second kappa shape index (κ2) is 9.92. The molecule has 2 aliphatic rings. The van der Waals surface area contributed by atoms with Gasteiger partial charge in [-0.15, -0.1) is 0 Å². The number of nitrogens with zero attached hydrogens (tertiary/aromatic N) is 1. The third kappa shape index (κ3) is 6.23. The van der Waals surface area contributed by atoms with Gasteiger partial charge in [0.1, 0.15) is 11.9 Å². The molecule has 0 N–H and O–H groups in total. The molecule has 1 aromatic carbocycles. The Labute approximate surface area is 188 Å². The predicted molar refractivity (Wildman–Crippen MR) is 118 cm³/mol. The van der Waals surface area contributed by atoms with Crippen LogP contribution in [0.3, 0.4) is 0 Å². The molecule has 1 saturated heterocycles. The van der Waals surface area contributed by atoms with E-state index >= 15 is 0 Å². The lowest BCUT2D eigenvalue weighted by Crippen LogP contribution is -2.32. The van der Waals surface area contributed by atoms with Crippen LogP contribution in [0, 0.1) is 5.82 Å². The molecule has 32 heavy (non-hydrogen) atoms. The van der Waals surface area contributed by atoms with Gasteiger partial charge in [-0.05, 0) is 45.9 Å². The van der Waals surface area contributed by atoms with E-state index in [2.05, 4.69) is 0 Å². The van der Waals surface area contributed by atoms with Crippen LogP contribution in [0.1, 0.15) is 47.0 Å². The minimum Gasteiger partial charge on any atom is -0.494 e. The largest absolute Gasteiger partial charge is 0.494 e. The minimum absolute atomic E-state index is 0.156. The summed E-state index contributed by atoms with van der Waals surface area (Å²) in [7, 11) is 1.42. The van der Waals surface area contributed by atoms with Crippen molar-refractivity contribution in [3.8, 4) is 5.75 Å². The SMILES string of the molecule is COc1ccc(N2C(/C=C/CC3(C)OCCO3)=COC2CCC(=O)OC(C)(C)C)cc1F. The summed E-state index contributed by atoms with van der Waals surface area (Å²) in [5.41, 5.74) is 0.759. The van der Waals surface area contributed by atoms with Crippen molar-refractivity contribution in [2.24, 2.45) is 0 Å². The zero-order chi connectivity index (χ0) is 23.4. The molecular formula is C24H32FNO6. The Balaban J connectivity index is 1.75. The molecule has 0 aliphatic carbocycles. The molecule has 0 amide bonds. The number of anilines is 1. The van der Waals surface area contributed by atoms with E-state index in [-0.39, 0.29) is 18.1 Å². The van der Waals surface area contributed by atoms with E-state index in [1.807, 2.05) is 44.7 Å². The molecule has 2 heterocycles. The average molecular weight is 450 g/mol. The first-order chi connectivity index (χ1) is 15.1. The summed E-state index contributed by atoms with van der Waals surface area (Å²) >= 11 is 0. The minimum atomic E-state index is -0.649. The molecule has 1 fully saturated rings. The fourth-order valence-corrected chi connectivity index (χ4v) is 3.57. The van der Waals surface area contributed by atoms with Crippen LogP contribution in [0.4, 0.5) is 10.1 Å². The van der Waals surface area contributed by atoms with Crippen molar-refractivity contribution in [2.45, 2.75) is 64.6 Å². The van der Waals surface area contributed by atoms with Gasteiger partial charge >= 0.3 is 5.97 Å². The third-order valence-electron chi connectivity index (χ3n) is 5.02. The summed E-state index contributed by atoms with van der Waals surface area (Å²) in [5.74, 6) is -1.28. The maximum absolute atomic E-state index is 14.4. The van der Waals surface area contributed by atoms with Gasteiger partial charge in [0.15, 0.2) is 23.6 Å². The van der Waals surface area contributed by atoms with Crippen molar-refractivity contribution in [3.63, 3.8) is 0 Å². The van der Waals surface area contributed by atoms with Crippen LogP contribution >= 0.6 is 0 Å². The fraction of sp³-hybridized carbons (Fsp3) is 0.542. The normalized spacial score (nSPS) is 20.4. The van der Waals surface area contributed by atoms with Gasteiger partial charge in [0.05, 0.1) is 32.4 Å². The van der Waals surface area contributed by atoms with Crippen LogP contribution in [-0.2, 0) is 23.7 Å². The first-order valence-electron chi connectivity index (χ1n) is 10.7. The summed E-state index contributed by atoms with van der Waals surface area (Å²) in [6.45, 7) is 8.51. The van der Waals surface area contributed by atoms with Crippen molar-refractivity contribution in [1.29, 1.82) is 0 Å². The molecule has 0 spiro atoms. The summed E-state index contributed by atoms with van der Waals surface area (Å²) in [4.78, 5) is 14.0. The Hall–Kier alpha value is -2.58. The molecule has 1 atom stereocenters. The molecule has 7 nitrogen and oxygen atoms in total. The van der Waals surface area contributed by atoms with Gasteiger partial charge in [0.25, 0.3) is 0 Å². The number of benzene rings is 1. The molecule has 8 heteroatoms. The van der Waals surface area contributed by atoms with E-state index in [0.717, 1.165) is 5.70 Å². The summed E-state index contributed by atoms with van der Waals surface area (Å²) in [6, 6.07) is 4.71. The Morgan fingerprint density at radius 1 is 1.31 bits per heavy atom. The number of carbonyl (C=O) groups excluding carboxylic acids is 1. The van der Waals surface area contributed by atoms with Gasteiger partial charge < -0.3 is 28.6 Å². The molecule has 0 saturated carbocycles. The van der Waals surface area contributed by atoms with Crippen LogP contribution in [0.5, 0.6) is 5.75 Å². The topological polar surface area (TPSA) is 66.5 Å². The highest BCUT2D eigenvalue weighted by Crippen LogP contribution is 2.34. The summed E-state index contributed by atoms with van der Waals surface area (Å²) in [6.07, 6.45) is 6.04. The number of methoxy groups -OCH3 is 1. The molecule has 1 aromatic rings. The molecule has 3 rings (SSSR count). The molecule has 1 unspecified atom stereocenters. The number of ether oxygens (including phenoxy) is 5. The van der Waals surface area contributed by atoms with Gasteiger partial charge in [-0.3, -0.25) is 4.79 Å². The second-order valence-corrected chi connectivity index (χ2v) is 8.88. The maximum Gasteiger partial charge on any atom is 0.306 e. The van der Waals surface area contributed by atoms with E-state index in [1.165, 1.54) is 13.2 Å². The lowest BCUT2D eigenvalue weighted by molar-refractivity contribution is -0.155. The number of allylic oxidation sites excluding steroid dienone is 1. The number of carbonyl (C=O) groups is 1. The van der Waals surface area contributed by atoms with E-state index in [1.54, 1.807) is 18.4 Å². The molecule has 0 radical (unpaired) electrons. The zero-order valence-electron chi connectivity index (χ0n) is 19.4. The molecule has 2 aliphatic heterocycles. The fourth-order valence-electron chi connectivity index (χ4n) is 3.57. The van der Waals surface area contributed by atoms with Crippen LogP contribution in [0.2, 0.25) is 0 Å². The molecule has 0 bridgehead atoms. The van der Waals surface area contributed by atoms with Crippen LogP contribution in [-0.4, -0.2) is 43.9 Å². The summed E-state index contributed by atoms with van der Waals surface area (Å²) < 4.78 is 42.0. The van der Waals surface area contributed by atoms with E-state index in [4.69, 9.17) is 23.7 Å². The Morgan fingerprint density at radius 3 is 2.66 bits per heavy atom. The van der Waals surface area contributed by atoms with Crippen molar-refractivity contribution in [1.82, 2.24) is 0 Å². The first kappa shape index (κ1) is 24.1. The zero-order valence-corrected chi connectivity index (χ0v) is 19.4. The van der Waals surface area contributed by atoms with Gasteiger partial charge in [-0.1, -0.05) is 6.08 Å². The highest BCUT2D eigenvalue weighted by Gasteiger charge is 2.32. The van der Waals surface area contributed by atoms with Crippen LogP contribution in [0.25, 0.3) is 0 Å². The molecule has 176 valence electrons. The number of rotatable bonds is 8. The average Bonchev–Trinajstić information content (AvgIpc) is 3.31. The van der Waals surface area contributed by atoms with E-state index in [0.29, 0.717) is 31.7 Å². The van der Waals surface area contributed by atoms with Gasteiger partial charge in [0.2, 0.25) is 0 Å². The highest BCUT2D eigenvalue weighted by molar-refractivity contribution is 5.70. The van der Waals surface area contributed by atoms with Gasteiger partial charge in [-0.25, -0.2) is 4.39 Å². The predicted octanol–water partition coefficient (Wildman–Crippen LogP) is 4.67. The lowest BCUT2D eigenvalue weighted by Gasteiger charge is -2.28. The number of esters is 1. The van der Waals surface area contributed by atoms with Crippen molar-refractivity contribution in [3.05, 3.63) is 48.1 Å². The smallest absolute Gasteiger partial charge is 0.306 e. The van der Waals surface area contributed by atoms with Crippen molar-refractivity contribution < 1.29 is 32.9 Å². The first-order valence-corrected chi connectivity index (χ1v) is 10.7. The van der Waals surface area contributed by atoms with Crippen molar-refractivity contribution >= 4 is 11.7 Å². The third-order valence-corrected chi connectivity index (χ3v) is 5.02. The maximum atomic E-state index is 14.4. The second-order valence-electron chi connectivity index (χ2n) is 8.88. The number of hydrogen-bond acceptors (Lipinski definition) is 7.